The summed E-state index contributed by atoms with van der Waals surface area (Å²) in [6, 6.07) is 12.4. The van der Waals surface area contributed by atoms with Crippen LogP contribution in [0.5, 0.6) is 0 Å². The molecule has 2 aromatic carbocycles. The summed E-state index contributed by atoms with van der Waals surface area (Å²) >= 11 is 6.02. The zero-order chi connectivity index (χ0) is 26.7. The lowest BCUT2D eigenvalue weighted by molar-refractivity contribution is -0.145. The predicted octanol–water partition coefficient (Wildman–Crippen LogP) is 2.34. The van der Waals surface area contributed by atoms with Crippen LogP contribution in [0.1, 0.15) is 36.5 Å². The van der Waals surface area contributed by atoms with Crippen LogP contribution in [0, 0.1) is 30.6 Å². The number of nitrogens with zero attached hydrogens (tertiary/aromatic N) is 4. The SMILES string of the molecule is COC(=O)[C@@H](C)Cn1c(=O)n(N)/c(=N\c2ccc(C#CC3CC3)c(C)c2)n(Cc2ccc(Cl)cc2)c1=O. The Morgan fingerprint density at radius 2 is 1.86 bits per heavy atom. The largest absolute Gasteiger partial charge is 0.469 e. The zero-order valence-corrected chi connectivity index (χ0v) is 21.7. The van der Waals surface area contributed by atoms with E-state index in [1.165, 1.54) is 11.7 Å². The maximum absolute atomic E-state index is 13.5. The second kappa shape index (κ2) is 10.9. The molecule has 9 nitrogen and oxygen atoms in total. The minimum absolute atomic E-state index is 0.0388. The molecule has 0 saturated heterocycles. The monoisotopic (exact) mass is 521 g/mol. The summed E-state index contributed by atoms with van der Waals surface area (Å²) in [5, 5.41) is 0.548. The fourth-order valence-corrected chi connectivity index (χ4v) is 3.90. The summed E-state index contributed by atoms with van der Waals surface area (Å²) in [4.78, 5) is 43.2. The molecule has 0 amide bonds. The molecule has 0 unspecified atom stereocenters. The summed E-state index contributed by atoms with van der Waals surface area (Å²) in [5.74, 6) is 11.8. The van der Waals surface area contributed by atoms with Gasteiger partial charge in [0.2, 0.25) is 5.62 Å². The van der Waals surface area contributed by atoms with E-state index in [0.29, 0.717) is 16.6 Å². The Balaban J connectivity index is 1.85. The summed E-state index contributed by atoms with van der Waals surface area (Å²) < 4.78 is 7.78. The first kappa shape index (κ1) is 26.0. The number of methoxy groups -OCH3 is 1. The minimum atomic E-state index is -0.796. The van der Waals surface area contributed by atoms with Crippen LogP contribution < -0.4 is 22.8 Å². The molecule has 192 valence electrons. The van der Waals surface area contributed by atoms with E-state index in [4.69, 9.17) is 22.2 Å². The Morgan fingerprint density at radius 3 is 2.49 bits per heavy atom. The van der Waals surface area contributed by atoms with E-state index >= 15 is 0 Å². The third-order valence-electron chi connectivity index (χ3n) is 6.10. The molecule has 1 aliphatic rings. The number of carbonyl (C=O) groups excluding carboxylic acids is 1. The molecule has 1 saturated carbocycles. The van der Waals surface area contributed by atoms with Crippen molar-refractivity contribution < 1.29 is 9.53 Å². The van der Waals surface area contributed by atoms with Crippen molar-refractivity contribution in [3.8, 4) is 11.8 Å². The Morgan fingerprint density at radius 1 is 1.16 bits per heavy atom. The van der Waals surface area contributed by atoms with Crippen LogP contribution in [0.4, 0.5) is 5.69 Å². The third kappa shape index (κ3) is 6.04. The van der Waals surface area contributed by atoms with Gasteiger partial charge in [-0.05, 0) is 61.2 Å². The number of hydrogen-bond donors (Lipinski definition) is 1. The Bertz CT molecular complexity index is 1580. The summed E-state index contributed by atoms with van der Waals surface area (Å²) in [6.07, 6.45) is 2.29. The third-order valence-corrected chi connectivity index (χ3v) is 6.35. The topological polar surface area (TPSA) is 114 Å². The average Bonchev–Trinajstić information content (AvgIpc) is 3.72. The first-order valence-corrected chi connectivity index (χ1v) is 12.3. The van der Waals surface area contributed by atoms with E-state index in [9.17, 15) is 14.4 Å². The first-order chi connectivity index (χ1) is 17.7. The number of halogens is 1. The van der Waals surface area contributed by atoms with Gasteiger partial charge >= 0.3 is 17.3 Å². The molecule has 1 heterocycles. The summed E-state index contributed by atoms with van der Waals surface area (Å²) in [6.45, 7) is 3.37. The van der Waals surface area contributed by atoms with E-state index in [1.54, 1.807) is 37.3 Å². The molecular weight excluding hydrogens is 494 g/mol. The van der Waals surface area contributed by atoms with E-state index in [1.807, 2.05) is 19.1 Å². The molecule has 2 N–H and O–H groups in total. The van der Waals surface area contributed by atoms with Gasteiger partial charge in [-0.3, -0.25) is 9.36 Å². The molecule has 3 aromatic rings. The highest BCUT2D eigenvalue weighted by molar-refractivity contribution is 6.30. The Kier molecular flexibility index (Phi) is 7.69. The predicted molar refractivity (Wildman–Crippen MR) is 141 cm³/mol. The van der Waals surface area contributed by atoms with Gasteiger partial charge in [0.25, 0.3) is 0 Å². The van der Waals surface area contributed by atoms with Crippen LogP contribution in [0.15, 0.2) is 57.0 Å². The number of rotatable bonds is 6. The zero-order valence-electron chi connectivity index (χ0n) is 20.9. The van der Waals surface area contributed by atoms with Gasteiger partial charge in [0.05, 0.1) is 25.3 Å². The molecule has 1 atom stereocenters. The standard InChI is InChI=1S/C27H28ClN5O4/c1-17-14-23(13-10-21(17)9-6-19-4-5-19)30-25-31(16-20-7-11-22(28)12-8-20)26(35)32(27(36)33(25)29)15-18(2)24(34)37-3/h7-8,10-14,18-19H,4-5,15-16,29H2,1-3H3/b30-25-/t18-/m0/s1. The molecule has 1 aromatic heterocycles. The van der Waals surface area contributed by atoms with Crippen LogP contribution in [-0.2, 0) is 22.6 Å². The molecule has 0 spiro atoms. The molecule has 0 radical (unpaired) electrons. The van der Waals surface area contributed by atoms with Gasteiger partial charge in [-0.2, -0.15) is 4.68 Å². The Hall–Kier alpha value is -4.03. The van der Waals surface area contributed by atoms with E-state index in [-0.39, 0.29) is 18.7 Å². The molecule has 0 bridgehead atoms. The number of benzene rings is 2. The number of esters is 1. The van der Waals surface area contributed by atoms with Gasteiger partial charge in [0.15, 0.2) is 0 Å². The van der Waals surface area contributed by atoms with Crippen molar-refractivity contribution in [2.75, 3.05) is 13.0 Å². The second-order valence-electron chi connectivity index (χ2n) is 9.14. The number of aryl methyl sites for hydroxylation is 1. The molecule has 37 heavy (non-hydrogen) atoms. The maximum Gasteiger partial charge on any atom is 0.353 e. The van der Waals surface area contributed by atoms with Crippen LogP contribution >= 0.6 is 11.6 Å². The smallest absolute Gasteiger partial charge is 0.353 e. The average molecular weight is 522 g/mol. The molecule has 0 aliphatic heterocycles. The maximum atomic E-state index is 13.5. The van der Waals surface area contributed by atoms with E-state index < -0.39 is 23.3 Å². The van der Waals surface area contributed by atoms with Crippen molar-refractivity contribution >= 4 is 23.3 Å². The summed E-state index contributed by atoms with van der Waals surface area (Å²) in [5.41, 5.74) is 1.59. The van der Waals surface area contributed by atoms with Crippen LogP contribution in [0.3, 0.4) is 0 Å². The fourth-order valence-electron chi connectivity index (χ4n) is 3.77. The number of nitrogen functional groups attached to an aromatic ring is 1. The fraction of sp³-hybridized carbons (Fsp3) is 0.333. The van der Waals surface area contributed by atoms with Gasteiger partial charge in [-0.25, -0.2) is 19.1 Å². The summed E-state index contributed by atoms with van der Waals surface area (Å²) in [7, 11) is 1.25. The van der Waals surface area contributed by atoms with E-state index in [2.05, 4.69) is 16.8 Å². The number of carbonyl (C=O) groups is 1. The quantitative estimate of drug-likeness (QED) is 0.304. The van der Waals surface area contributed by atoms with Crippen molar-refractivity contribution in [1.82, 2.24) is 13.8 Å². The van der Waals surface area contributed by atoms with Gasteiger partial charge in [0, 0.05) is 23.0 Å². The molecular formula is C27H28ClN5O4. The van der Waals surface area contributed by atoms with Gasteiger partial charge in [-0.1, -0.05) is 42.5 Å². The van der Waals surface area contributed by atoms with Crippen LogP contribution in [0.25, 0.3) is 0 Å². The second-order valence-corrected chi connectivity index (χ2v) is 9.57. The van der Waals surface area contributed by atoms with Crippen LogP contribution in [0.2, 0.25) is 5.02 Å². The lowest BCUT2D eigenvalue weighted by Crippen LogP contribution is -2.58. The highest BCUT2D eigenvalue weighted by atomic mass is 35.5. The van der Waals surface area contributed by atoms with E-state index in [0.717, 1.165) is 38.8 Å². The normalized spacial score (nSPS) is 14.1. The van der Waals surface area contributed by atoms with Crippen molar-refractivity contribution in [3.63, 3.8) is 0 Å². The van der Waals surface area contributed by atoms with Crippen molar-refractivity contribution in [3.05, 3.63) is 90.8 Å². The molecule has 4 rings (SSSR count). The Labute approximate surface area is 218 Å². The number of aromatic nitrogens is 3. The van der Waals surface area contributed by atoms with Gasteiger partial charge < -0.3 is 10.6 Å². The lowest BCUT2D eigenvalue weighted by atomic mass is 10.1. The minimum Gasteiger partial charge on any atom is -0.469 e. The van der Waals surface area contributed by atoms with Crippen molar-refractivity contribution in [2.24, 2.45) is 16.8 Å². The number of ether oxygens (including phenoxy) is 1. The van der Waals surface area contributed by atoms with Gasteiger partial charge in [0.1, 0.15) is 0 Å². The van der Waals surface area contributed by atoms with Crippen molar-refractivity contribution in [1.29, 1.82) is 0 Å². The van der Waals surface area contributed by atoms with Gasteiger partial charge in [-0.15, -0.1) is 0 Å². The number of hydrogen-bond acceptors (Lipinski definition) is 6. The highest BCUT2D eigenvalue weighted by Gasteiger charge is 2.20. The molecule has 1 fully saturated rings. The van der Waals surface area contributed by atoms with Crippen molar-refractivity contribution in [2.45, 2.75) is 39.8 Å². The number of nitrogens with two attached hydrogens (primary N) is 1. The first-order valence-electron chi connectivity index (χ1n) is 11.9. The lowest BCUT2D eigenvalue weighted by Gasteiger charge is -2.16. The molecule has 1 aliphatic carbocycles. The highest BCUT2D eigenvalue weighted by Crippen LogP contribution is 2.28. The van der Waals surface area contributed by atoms with Crippen LogP contribution in [-0.4, -0.2) is 26.9 Å². The molecule has 10 heteroatoms.